The molecule has 1 rings (SSSR count). The first-order chi connectivity index (χ1) is 6.58. The second-order valence-electron chi connectivity index (χ2n) is 4.33. The van der Waals surface area contributed by atoms with E-state index in [1.165, 1.54) is 6.42 Å². The normalized spacial score (nSPS) is 22.9. The summed E-state index contributed by atoms with van der Waals surface area (Å²) in [7, 11) is 0. The maximum Gasteiger partial charge on any atom is 0.404 e. The van der Waals surface area contributed by atoms with Gasteiger partial charge in [-0.15, -0.1) is 0 Å². The van der Waals surface area contributed by atoms with Gasteiger partial charge in [0.25, 0.3) is 0 Å². The van der Waals surface area contributed by atoms with Crippen LogP contribution in [-0.2, 0) is 4.74 Å². The lowest BCUT2D eigenvalue weighted by Crippen LogP contribution is -2.28. The molecule has 1 atom stereocenters. The first-order valence-electron chi connectivity index (χ1n) is 5.26. The van der Waals surface area contributed by atoms with E-state index in [0.29, 0.717) is 0 Å². The molecular weight excluding hydrogens is 180 g/mol. The van der Waals surface area contributed by atoms with Crippen LogP contribution in [0.5, 0.6) is 0 Å². The summed E-state index contributed by atoms with van der Waals surface area (Å²) < 4.78 is 4.95. The molecule has 0 bridgehead atoms. The molecule has 4 nitrogen and oxygen atoms in total. The number of likely N-dealkylation sites (tertiary alicyclic amines) is 1. The quantitative estimate of drug-likeness (QED) is 0.742. The average Bonchev–Trinajstić information content (AvgIpc) is 2.47. The van der Waals surface area contributed by atoms with E-state index in [4.69, 9.17) is 10.5 Å². The summed E-state index contributed by atoms with van der Waals surface area (Å²) in [5.41, 5.74) is 4.96. The van der Waals surface area contributed by atoms with Gasteiger partial charge in [-0.05, 0) is 25.3 Å². The van der Waals surface area contributed by atoms with Crippen molar-refractivity contribution < 1.29 is 9.53 Å². The predicted molar refractivity (Wildman–Crippen MR) is 55.0 cm³/mol. The Morgan fingerprint density at radius 1 is 1.64 bits per heavy atom. The Kier molecular flexibility index (Phi) is 4.20. The molecule has 0 unspecified atom stereocenters. The van der Waals surface area contributed by atoms with Gasteiger partial charge < -0.3 is 10.5 Å². The zero-order valence-corrected chi connectivity index (χ0v) is 9.03. The lowest BCUT2D eigenvalue weighted by atomic mass is 10.1. The van der Waals surface area contributed by atoms with Crippen molar-refractivity contribution in [3.8, 4) is 0 Å². The van der Waals surface area contributed by atoms with Gasteiger partial charge in [0.2, 0.25) is 0 Å². The van der Waals surface area contributed by atoms with Crippen molar-refractivity contribution in [2.24, 2.45) is 11.7 Å². The third-order valence-corrected chi connectivity index (χ3v) is 2.53. The molecule has 0 spiro atoms. The van der Waals surface area contributed by atoms with Crippen LogP contribution in [0.25, 0.3) is 0 Å². The van der Waals surface area contributed by atoms with E-state index in [0.717, 1.165) is 32.0 Å². The minimum Gasteiger partial charge on any atom is -0.445 e. The van der Waals surface area contributed by atoms with Crippen LogP contribution in [0.3, 0.4) is 0 Å². The monoisotopic (exact) mass is 200 g/mol. The Bertz CT molecular complexity index is 195. The van der Waals surface area contributed by atoms with E-state index in [-0.39, 0.29) is 6.10 Å². The Hall–Kier alpha value is -0.770. The molecule has 14 heavy (non-hydrogen) atoms. The smallest absolute Gasteiger partial charge is 0.404 e. The van der Waals surface area contributed by atoms with Crippen LogP contribution in [0.1, 0.15) is 26.7 Å². The maximum atomic E-state index is 10.5. The predicted octanol–water partition coefficient (Wildman–Crippen LogP) is 1.20. The van der Waals surface area contributed by atoms with Crippen LogP contribution in [-0.4, -0.2) is 36.7 Å². The molecule has 0 aromatic rings. The van der Waals surface area contributed by atoms with Crippen molar-refractivity contribution in [3.05, 3.63) is 0 Å². The van der Waals surface area contributed by atoms with E-state index in [1.54, 1.807) is 0 Å². The number of hydrogen-bond acceptors (Lipinski definition) is 3. The van der Waals surface area contributed by atoms with Gasteiger partial charge in [-0.1, -0.05) is 13.8 Å². The Balaban J connectivity index is 2.17. The van der Waals surface area contributed by atoms with Crippen LogP contribution < -0.4 is 5.73 Å². The summed E-state index contributed by atoms with van der Waals surface area (Å²) in [5.74, 6) is 0.728. The first-order valence-corrected chi connectivity index (χ1v) is 5.26. The Labute approximate surface area is 85.4 Å². The highest BCUT2D eigenvalue weighted by molar-refractivity contribution is 5.64. The molecule has 0 aliphatic carbocycles. The zero-order valence-electron chi connectivity index (χ0n) is 9.03. The molecule has 0 radical (unpaired) electrons. The minimum atomic E-state index is -0.652. The number of nitrogens with two attached hydrogens (primary N) is 1. The summed E-state index contributed by atoms with van der Waals surface area (Å²) in [5, 5.41) is 0. The van der Waals surface area contributed by atoms with Crippen molar-refractivity contribution in [1.82, 2.24) is 4.90 Å². The number of rotatable bonds is 4. The highest BCUT2D eigenvalue weighted by Gasteiger charge is 2.24. The second kappa shape index (κ2) is 5.20. The third-order valence-electron chi connectivity index (χ3n) is 2.53. The molecule has 1 heterocycles. The van der Waals surface area contributed by atoms with Crippen molar-refractivity contribution >= 4 is 6.09 Å². The minimum absolute atomic E-state index is 0.0136. The fourth-order valence-electron chi connectivity index (χ4n) is 1.70. The lowest BCUT2D eigenvalue weighted by Gasteiger charge is -2.16. The summed E-state index contributed by atoms with van der Waals surface area (Å²) >= 11 is 0. The molecular formula is C10H20N2O2. The number of hydrogen-bond donors (Lipinski definition) is 1. The van der Waals surface area contributed by atoms with Gasteiger partial charge in [0.15, 0.2) is 0 Å². The van der Waals surface area contributed by atoms with Gasteiger partial charge in [0, 0.05) is 13.1 Å². The second-order valence-corrected chi connectivity index (χ2v) is 4.33. The van der Waals surface area contributed by atoms with Crippen LogP contribution in [0.15, 0.2) is 0 Å². The van der Waals surface area contributed by atoms with E-state index < -0.39 is 6.09 Å². The fraction of sp³-hybridized carbons (Fsp3) is 0.900. The van der Waals surface area contributed by atoms with Crippen molar-refractivity contribution in [1.29, 1.82) is 0 Å². The van der Waals surface area contributed by atoms with E-state index >= 15 is 0 Å². The fourth-order valence-corrected chi connectivity index (χ4v) is 1.70. The molecule has 1 fully saturated rings. The highest BCUT2D eigenvalue weighted by atomic mass is 16.6. The van der Waals surface area contributed by atoms with Crippen molar-refractivity contribution in [2.45, 2.75) is 32.8 Å². The third kappa shape index (κ3) is 3.96. The number of nitrogens with zero attached hydrogens (tertiary/aromatic N) is 1. The van der Waals surface area contributed by atoms with Crippen LogP contribution in [0.4, 0.5) is 4.79 Å². The van der Waals surface area contributed by atoms with Gasteiger partial charge in [0.05, 0.1) is 0 Å². The van der Waals surface area contributed by atoms with E-state index in [1.807, 2.05) is 0 Å². The number of carbonyl (C=O) groups excluding carboxylic acids is 1. The summed E-state index contributed by atoms with van der Waals surface area (Å²) in [4.78, 5) is 12.8. The molecule has 4 heteroatoms. The number of primary amides is 1. The average molecular weight is 200 g/mol. The molecule has 0 aromatic heterocycles. The number of ether oxygens (including phenoxy) is 1. The van der Waals surface area contributed by atoms with Gasteiger partial charge in [-0.2, -0.15) is 0 Å². The first kappa shape index (κ1) is 11.3. The molecule has 1 amide bonds. The van der Waals surface area contributed by atoms with Crippen molar-refractivity contribution in [3.63, 3.8) is 0 Å². The molecule has 0 saturated carbocycles. The number of carbonyl (C=O) groups is 1. The SMILES string of the molecule is CC(C)CCN1CC[C@@H](OC(N)=O)C1. The Morgan fingerprint density at radius 3 is 2.93 bits per heavy atom. The van der Waals surface area contributed by atoms with Gasteiger partial charge >= 0.3 is 6.09 Å². The standard InChI is InChI=1S/C10H20N2O2/c1-8(2)3-5-12-6-4-9(7-12)14-10(11)13/h8-9H,3-7H2,1-2H3,(H2,11,13)/t9-/m1/s1. The largest absolute Gasteiger partial charge is 0.445 e. The van der Waals surface area contributed by atoms with Crippen LogP contribution >= 0.6 is 0 Å². The van der Waals surface area contributed by atoms with Crippen LogP contribution in [0.2, 0.25) is 0 Å². The van der Waals surface area contributed by atoms with E-state index in [9.17, 15) is 4.79 Å². The van der Waals surface area contributed by atoms with Gasteiger partial charge in [-0.25, -0.2) is 4.79 Å². The summed E-state index contributed by atoms with van der Waals surface area (Å²) in [6.45, 7) is 7.39. The van der Waals surface area contributed by atoms with E-state index in [2.05, 4.69) is 18.7 Å². The Morgan fingerprint density at radius 2 is 2.36 bits per heavy atom. The van der Waals surface area contributed by atoms with Crippen LogP contribution in [0, 0.1) is 5.92 Å². The summed E-state index contributed by atoms with van der Waals surface area (Å²) in [6, 6.07) is 0. The number of amides is 1. The van der Waals surface area contributed by atoms with Gasteiger partial charge in [0.1, 0.15) is 6.10 Å². The molecule has 2 N–H and O–H groups in total. The molecule has 1 aliphatic heterocycles. The molecule has 1 aliphatic rings. The zero-order chi connectivity index (χ0) is 10.6. The molecule has 82 valence electrons. The topological polar surface area (TPSA) is 55.6 Å². The molecule has 1 saturated heterocycles. The molecule has 0 aromatic carbocycles. The van der Waals surface area contributed by atoms with Gasteiger partial charge in [-0.3, -0.25) is 4.90 Å². The lowest BCUT2D eigenvalue weighted by molar-refractivity contribution is 0.109. The highest BCUT2D eigenvalue weighted by Crippen LogP contribution is 2.14. The van der Waals surface area contributed by atoms with Crippen molar-refractivity contribution in [2.75, 3.05) is 19.6 Å². The summed E-state index contributed by atoms with van der Waals surface area (Å²) in [6.07, 6.45) is 1.48. The maximum absolute atomic E-state index is 10.5.